The third kappa shape index (κ3) is 2.58. The Morgan fingerprint density at radius 2 is 2.33 bits per heavy atom. The quantitative estimate of drug-likeness (QED) is 0.549. The molecule has 0 radical (unpaired) electrons. The van der Waals surface area contributed by atoms with Gasteiger partial charge in [0.15, 0.2) is 0 Å². The fraction of sp³-hybridized carbons (Fsp3) is 0.833. The summed E-state index contributed by atoms with van der Waals surface area (Å²) < 4.78 is 4.90. The Morgan fingerprint density at radius 3 is 2.44 bits per heavy atom. The molecule has 54 valence electrons. The van der Waals surface area contributed by atoms with Crippen molar-refractivity contribution in [2.75, 3.05) is 13.7 Å². The number of aliphatic hydroxyl groups excluding tert-OH is 1. The summed E-state index contributed by atoms with van der Waals surface area (Å²) in [5.74, 6) is 0. The predicted molar refractivity (Wildman–Crippen MR) is 36.9 cm³/mol. The summed E-state index contributed by atoms with van der Waals surface area (Å²) in [5.41, 5.74) is 0. The lowest BCUT2D eigenvalue weighted by atomic mass is 10.2. The van der Waals surface area contributed by atoms with Crippen molar-refractivity contribution < 1.29 is 9.84 Å². The second kappa shape index (κ2) is 4.47. The monoisotopic (exact) mass is 131 g/mol. The van der Waals surface area contributed by atoms with Gasteiger partial charge in [0, 0.05) is 7.11 Å². The number of aliphatic hydroxyl groups is 1. The van der Waals surface area contributed by atoms with Crippen molar-refractivity contribution in [1.82, 2.24) is 0 Å². The van der Waals surface area contributed by atoms with Gasteiger partial charge < -0.3 is 9.84 Å². The molecule has 0 aliphatic heterocycles. The maximum atomic E-state index is 8.61. The first-order valence-electron chi connectivity index (χ1n) is 2.85. The van der Waals surface area contributed by atoms with Crippen LogP contribution in [0, 0.1) is 0 Å². The van der Waals surface area contributed by atoms with Crippen LogP contribution < -0.4 is 0 Å². The number of methoxy groups -OCH3 is 1. The van der Waals surface area contributed by atoms with Crippen molar-refractivity contribution in [3.05, 3.63) is 0 Å². The molecule has 0 aromatic heterocycles. The van der Waals surface area contributed by atoms with E-state index in [2.05, 4.69) is 11.7 Å². The highest BCUT2D eigenvalue weighted by Crippen LogP contribution is 1.99. The molecule has 0 saturated heterocycles. The zero-order chi connectivity index (χ0) is 7.28. The molecule has 2 unspecified atom stereocenters. The lowest BCUT2D eigenvalue weighted by molar-refractivity contribution is 0.0743. The molecule has 0 aromatic rings. The summed E-state index contributed by atoms with van der Waals surface area (Å²) in [6.45, 7) is 5.15. The second-order valence-corrected chi connectivity index (χ2v) is 1.87. The van der Waals surface area contributed by atoms with E-state index in [0.717, 1.165) is 0 Å². The second-order valence-electron chi connectivity index (χ2n) is 1.87. The average molecular weight is 131 g/mol. The molecule has 0 aliphatic carbocycles. The molecule has 0 saturated carbocycles. The summed E-state index contributed by atoms with van der Waals surface area (Å²) in [6.07, 6.45) is -0.0486. The molecule has 2 atom stereocenters. The van der Waals surface area contributed by atoms with Gasteiger partial charge in [-0.2, -0.15) is 0 Å². The Morgan fingerprint density at radius 1 is 1.78 bits per heavy atom. The molecule has 0 heterocycles. The lowest BCUT2D eigenvalue weighted by Crippen LogP contribution is -2.26. The lowest BCUT2D eigenvalue weighted by Gasteiger charge is -2.14. The van der Waals surface area contributed by atoms with Crippen molar-refractivity contribution in [3.8, 4) is 0 Å². The Labute approximate surface area is 55.4 Å². The van der Waals surface area contributed by atoms with Crippen molar-refractivity contribution in [2.45, 2.75) is 19.1 Å². The summed E-state index contributed by atoms with van der Waals surface area (Å²) in [5, 5.41) is 8.61. The number of ether oxygens (including phenoxy) is 1. The number of aliphatic imine (C=N–C) groups is 1. The fourth-order valence-corrected chi connectivity index (χ4v) is 0.512. The maximum absolute atomic E-state index is 8.61. The Balaban J connectivity index is 3.63. The molecule has 0 spiro atoms. The predicted octanol–water partition coefficient (Wildman–Crippen LogP) is 0.0828. The number of nitrogens with zero attached hydrogens (tertiary/aromatic N) is 1. The van der Waals surface area contributed by atoms with Crippen molar-refractivity contribution in [2.24, 2.45) is 4.99 Å². The van der Waals surface area contributed by atoms with E-state index >= 15 is 0 Å². The van der Waals surface area contributed by atoms with Gasteiger partial charge in [0.05, 0.1) is 18.8 Å². The number of hydrogen-bond acceptors (Lipinski definition) is 3. The maximum Gasteiger partial charge on any atom is 0.0981 e. The molecular formula is C6H13NO2. The molecule has 9 heavy (non-hydrogen) atoms. The first-order valence-corrected chi connectivity index (χ1v) is 2.85. The van der Waals surface area contributed by atoms with E-state index in [9.17, 15) is 0 Å². The molecule has 0 aromatic carbocycles. The number of hydrogen-bond donors (Lipinski definition) is 1. The summed E-state index contributed by atoms with van der Waals surface area (Å²) in [7, 11) is 1.58. The molecule has 0 rings (SSSR count). The van der Waals surface area contributed by atoms with Gasteiger partial charge in [-0.3, -0.25) is 4.99 Å². The van der Waals surface area contributed by atoms with Gasteiger partial charge >= 0.3 is 0 Å². The summed E-state index contributed by atoms with van der Waals surface area (Å²) in [4.78, 5) is 3.65. The Kier molecular flexibility index (Phi) is 4.26. The summed E-state index contributed by atoms with van der Waals surface area (Å²) >= 11 is 0. The van der Waals surface area contributed by atoms with E-state index in [0.29, 0.717) is 0 Å². The Hall–Kier alpha value is -0.410. The van der Waals surface area contributed by atoms with Gasteiger partial charge in [-0.15, -0.1) is 0 Å². The molecular weight excluding hydrogens is 118 g/mol. The van der Waals surface area contributed by atoms with Crippen molar-refractivity contribution in [1.29, 1.82) is 0 Å². The molecule has 0 bridgehead atoms. The topological polar surface area (TPSA) is 41.8 Å². The van der Waals surface area contributed by atoms with Crippen molar-refractivity contribution >= 4 is 6.72 Å². The van der Waals surface area contributed by atoms with Gasteiger partial charge in [-0.25, -0.2) is 0 Å². The molecule has 1 N–H and O–H groups in total. The van der Waals surface area contributed by atoms with E-state index in [-0.39, 0.29) is 18.8 Å². The van der Waals surface area contributed by atoms with Crippen LogP contribution in [0.3, 0.4) is 0 Å². The molecule has 3 nitrogen and oxygen atoms in total. The normalized spacial score (nSPS) is 16.8. The highest BCUT2D eigenvalue weighted by Gasteiger charge is 2.11. The van der Waals surface area contributed by atoms with Crippen LogP contribution in [0.15, 0.2) is 4.99 Å². The van der Waals surface area contributed by atoms with E-state index < -0.39 is 0 Å². The van der Waals surface area contributed by atoms with E-state index in [1.807, 2.05) is 6.92 Å². The van der Waals surface area contributed by atoms with Crippen LogP contribution in [0.25, 0.3) is 0 Å². The van der Waals surface area contributed by atoms with Crippen LogP contribution >= 0.6 is 0 Å². The molecule has 0 fully saturated rings. The average Bonchev–Trinajstić information content (AvgIpc) is 1.90. The first-order chi connectivity index (χ1) is 4.26. The minimum absolute atomic E-state index is 0.00148. The number of rotatable bonds is 4. The molecule has 3 heteroatoms. The fourth-order valence-electron chi connectivity index (χ4n) is 0.512. The van der Waals surface area contributed by atoms with E-state index in [1.54, 1.807) is 7.11 Å². The molecule has 0 aliphatic rings. The van der Waals surface area contributed by atoms with Crippen LogP contribution in [0.4, 0.5) is 0 Å². The van der Waals surface area contributed by atoms with Crippen LogP contribution in [-0.4, -0.2) is 37.7 Å². The van der Waals surface area contributed by atoms with Gasteiger partial charge in [0.25, 0.3) is 0 Å². The Bertz CT molecular complexity index is 85.1. The standard InChI is InChI=1S/C6H13NO2/c1-5(9-3)6(4-8)7-2/h5-6,8H,2,4H2,1,3H3. The van der Waals surface area contributed by atoms with Crippen LogP contribution in [-0.2, 0) is 4.74 Å². The third-order valence-corrected chi connectivity index (χ3v) is 1.34. The summed E-state index contributed by atoms with van der Waals surface area (Å²) in [6, 6.07) is -0.185. The largest absolute Gasteiger partial charge is 0.394 e. The van der Waals surface area contributed by atoms with Crippen LogP contribution in [0.5, 0.6) is 0 Å². The van der Waals surface area contributed by atoms with E-state index in [1.165, 1.54) is 0 Å². The van der Waals surface area contributed by atoms with Gasteiger partial charge in [-0.05, 0) is 13.6 Å². The van der Waals surface area contributed by atoms with Gasteiger partial charge in [-0.1, -0.05) is 0 Å². The third-order valence-electron chi connectivity index (χ3n) is 1.34. The SMILES string of the molecule is C=NC(CO)C(C)OC. The van der Waals surface area contributed by atoms with Crippen molar-refractivity contribution in [3.63, 3.8) is 0 Å². The highest BCUT2D eigenvalue weighted by atomic mass is 16.5. The minimum Gasteiger partial charge on any atom is -0.394 e. The first kappa shape index (κ1) is 8.59. The zero-order valence-electron chi connectivity index (χ0n) is 5.87. The molecule has 0 amide bonds. The smallest absolute Gasteiger partial charge is 0.0981 e. The van der Waals surface area contributed by atoms with Crippen LogP contribution in [0.1, 0.15) is 6.92 Å². The highest BCUT2D eigenvalue weighted by molar-refractivity contribution is 5.24. The zero-order valence-corrected chi connectivity index (χ0v) is 5.87. The van der Waals surface area contributed by atoms with Gasteiger partial charge in [0.2, 0.25) is 0 Å². The van der Waals surface area contributed by atoms with Gasteiger partial charge in [0.1, 0.15) is 0 Å². The minimum atomic E-state index is -0.185. The van der Waals surface area contributed by atoms with Crippen LogP contribution in [0.2, 0.25) is 0 Å². The van der Waals surface area contributed by atoms with E-state index in [4.69, 9.17) is 9.84 Å².